The van der Waals surface area contributed by atoms with E-state index in [1.807, 2.05) is 0 Å². The largest absolute Gasteiger partial charge is 0.423 e. The molecule has 0 rings (SSSR count). The minimum atomic E-state index is -5.56. The summed E-state index contributed by atoms with van der Waals surface area (Å²) in [5.74, 6) is 0. The number of hydrogen-bond acceptors (Lipinski definition) is 1. The van der Waals surface area contributed by atoms with E-state index in [2.05, 4.69) is 4.74 Å². The molecule has 8 heteroatoms. The van der Waals surface area contributed by atoms with Crippen molar-refractivity contribution in [3.63, 3.8) is 0 Å². The van der Waals surface area contributed by atoms with Gasteiger partial charge in [0.15, 0.2) is 0 Å². The van der Waals surface area contributed by atoms with Gasteiger partial charge in [0.2, 0.25) is 6.10 Å². The lowest BCUT2D eigenvalue weighted by Crippen LogP contribution is -2.44. The number of halogens is 7. The van der Waals surface area contributed by atoms with Gasteiger partial charge in [-0.1, -0.05) is 0 Å². The molecule has 13 heavy (non-hydrogen) atoms. The molecule has 0 aliphatic heterocycles. The van der Waals surface area contributed by atoms with E-state index >= 15 is 0 Å². The van der Waals surface area contributed by atoms with Crippen molar-refractivity contribution in [3.05, 3.63) is 0 Å². The van der Waals surface area contributed by atoms with Gasteiger partial charge in [-0.05, 0) is 0 Å². The van der Waals surface area contributed by atoms with E-state index in [0.29, 0.717) is 0 Å². The molecule has 1 nitrogen and oxygen atoms in total. The maximum Gasteiger partial charge on any atom is 0.423 e. The summed E-state index contributed by atoms with van der Waals surface area (Å²) in [6.07, 6.45) is -15.0. The van der Waals surface area contributed by atoms with Crippen LogP contribution in [0.5, 0.6) is 0 Å². The minimum Gasteiger partial charge on any atom is -0.358 e. The standard InChI is InChI=1S/C5H5F7O/c6-1-2-13-3(4(7,8)9)5(10,11)12/h3H,1-2H2. The number of rotatable bonds is 3. The number of ether oxygens (including phenoxy) is 1. The van der Waals surface area contributed by atoms with Crippen molar-refractivity contribution in [2.45, 2.75) is 18.5 Å². The molecule has 0 spiro atoms. The molecular formula is C5H5F7O. The van der Waals surface area contributed by atoms with E-state index < -0.39 is 31.7 Å². The van der Waals surface area contributed by atoms with Crippen molar-refractivity contribution in [2.24, 2.45) is 0 Å². The van der Waals surface area contributed by atoms with E-state index in [-0.39, 0.29) is 0 Å². The van der Waals surface area contributed by atoms with Crippen molar-refractivity contribution in [1.29, 1.82) is 0 Å². The molecule has 0 radical (unpaired) electrons. The zero-order valence-corrected chi connectivity index (χ0v) is 6.05. The lowest BCUT2D eigenvalue weighted by molar-refractivity contribution is -0.321. The summed E-state index contributed by atoms with van der Waals surface area (Å²) in [6, 6.07) is 0. The number of alkyl halides is 7. The summed E-state index contributed by atoms with van der Waals surface area (Å²) in [7, 11) is 0. The van der Waals surface area contributed by atoms with Crippen LogP contribution in [0.2, 0.25) is 0 Å². The Kier molecular flexibility index (Phi) is 3.95. The molecule has 0 aliphatic carbocycles. The summed E-state index contributed by atoms with van der Waals surface area (Å²) >= 11 is 0. The molecule has 0 atom stereocenters. The predicted molar refractivity (Wildman–Crippen MR) is 27.8 cm³/mol. The van der Waals surface area contributed by atoms with Gasteiger partial charge in [-0.3, -0.25) is 0 Å². The second kappa shape index (κ2) is 4.12. The van der Waals surface area contributed by atoms with Crippen molar-refractivity contribution in [3.8, 4) is 0 Å². The van der Waals surface area contributed by atoms with Gasteiger partial charge in [0, 0.05) is 0 Å². The maximum absolute atomic E-state index is 11.6. The van der Waals surface area contributed by atoms with Crippen LogP contribution in [0.3, 0.4) is 0 Å². The Bertz CT molecular complexity index is 134. The van der Waals surface area contributed by atoms with Crippen molar-refractivity contribution in [1.82, 2.24) is 0 Å². The molecule has 0 aromatic heterocycles. The molecule has 0 fully saturated rings. The van der Waals surface area contributed by atoms with Crippen LogP contribution in [0.4, 0.5) is 30.7 Å². The average Bonchev–Trinajstić information content (AvgIpc) is 1.81. The lowest BCUT2D eigenvalue weighted by atomic mass is 10.3. The van der Waals surface area contributed by atoms with Crippen LogP contribution >= 0.6 is 0 Å². The Morgan fingerprint density at radius 3 is 1.54 bits per heavy atom. The van der Waals surface area contributed by atoms with Crippen LogP contribution in [0.25, 0.3) is 0 Å². The van der Waals surface area contributed by atoms with E-state index in [4.69, 9.17) is 0 Å². The first-order valence-electron chi connectivity index (χ1n) is 3.00. The van der Waals surface area contributed by atoms with Crippen LogP contribution < -0.4 is 0 Å². The van der Waals surface area contributed by atoms with Crippen LogP contribution in [0.1, 0.15) is 0 Å². The fraction of sp³-hybridized carbons (Fsp3) is 1.00. The van der Waals surface area contributed by atoms with Crippen molar-refractivity contribution < 1.29 is 35.5 Å². The third-order valence-electron chi connectivity index (χ3n) is 0.956. The molecule has 0 heterocycles. The minimum absolute atomic E-state index is 1.23. The van der Waals surface area contributed by atoms with Crippen LogP contribution in [0.15, 0.2) is 0 Å². The zero-order valence-electron chi connectivity index (χ0n) is 6.05. The summed E-state index contributed by atoms with van der Waals surface area (Å²) in [5, 5.41) is 0. The third kappa shape index (κ3) is 4.30. The van der Waals surface area contributed by atoms with E-state index in [9.17, 15) is 30.7 Å². The van der Waals surface area contributed by atoms with Gasteiger partial charge < -0.3 is 4.74 Å². The molecule has 0 bridgehead atoms. The summed E-state index contributed by atoms with van der Waals surface area (Å²) < 4.78 is 84.0. The van der Waals surface area contributed by atoms with Gasteiger partial charge >= 0.3 is 12.4 Å². The van der Waals surface area contributed by atoms with Crippen LogP contribution in [-0.4, -0.2) is 31.7 Å². The SMILES string of the molecule is FCCOC(C(F)(F)F)C(F)(F)F. The quantitative estimate of drug-likeness (QED) is 0.655. The van der Waals surface area contributed by atoms with Crippen molar-refractivity contribution >= 4 is 0 Å². The Labute approximate surface area is 68.5 Å². The third-order valence-corrected chi connectivity index (χ3v) is 0.956. The summed E-state index contributed by atoms with van der Waals surface area (Å²) in [4.78, 5) is 0. The molecule has 0 N–H and O–H groups in total. The Morgan fingerprint density at radius 1 is 0.923 bits per heavy atom. The first kappa shape index (κ1) is 12.5. The highest BCUT2D eigenvalue weighted by atomic mass is 19.4. The Morgan fingerprint density at radius 2 is 1.31 bits per heavy atom. The molecule has 80 valence electrons. The molecule has 0 saturated heterocycles. The highest BCUT2D eigenvalue weighted by Gasteiger charge is 2.57. The second-order valence-corrected chi connectivity index (χ2v) is 2.02. The fourth-order valence-electron chi connectivity index (χ4n) is 0.537. The summed E-state index contributed by atoms with van der Waals surface area (Å²) in [5.41, 5.74) is 0. The Hall–Kier alpha value is -0.530. The van der Waals surface area contributed by atoms with Gasteiger partial charge in [-0.25, -0.2) is 4.39 Å². The fourth-order valence-corrected chi connectivity index (χ4v) is 0.537. The Balaban J connectivity index is 4.39. The van der Waals surface area contributed by atoms with Gasteiger partial charge in [0.05, 0.1) is 6.61 Å². The molecule has 0 saturated carbocycles. The van der Waals surface area contributed by atoms with Crippen LogP contribution in [-0.2, 0) is 4.74 Å². The first-order chi connectivity index (χ1) is 5.69. The molecular weight excluding hydrogens is 209 g/mol. The van der Waals surface area contributed by atoms with E-state index in [1.54, 1.807) is 0 Å². The second-order valence-electron chi connectivity index (χ2n) is 2.02. The summed E-state index contributed by atoms with van der Waals surface area (Å²) in [6.45, 7) is -2.63. The monoisotopic (exact) mass is 214 g/mol. The highest BCUT2D eigenvalue weighted by Crippen LogP contribution is 2.35. The van der Waals surface area contributed by atoms with Gasteiger partial charge in [0.1, 0.15) is 6.67 Å². The van der Waals surface area contributed by atoms with Gasteiger partial charge in [-0.15, -0.1) is 0 Å². The molecule has 0 unspecified atom stereocenters. The van der Waals surface area contributed by atoms with Crippen molar-refractivity contribution in [2.75, 3.05) is 13.3 Å². The smallest absolute Gasteiger partial charge is 0.358 e. The van der Waals surface area contributed by atoms with Gasteiger partial charge in [0.25, 0.3) is 0 Å². The van der Waals surface area contributed by atoms with Gasteiger partial charge in [-0.2, -0.15) is 26.3 Å². The predicted octanol–water partition coefficient (Wildman–Crippen LogP) is 2.47. The first-order valence-corrected chi connectivity index (χ1v) is 3.00. The normalized spacial score (nSPS) is 13.8. The van der Waals surface area contributed by atoms with Crippen LogP contribution in [0, 0.1) is 0 Å². The topological polar surface area (TPSA) is 9.23 Å². The van der Waals surface area contributed by atoms with E-state index in [1.165, 1.54) is 0 Å². The molecule has 0 aromatic rings. The lowest BCUT2D eigenvalue weighted by Gasteiger charge is -2.22. The average molecular weight is 214 g/mol. The highest BCUT2D eigenvalue weighted by molar-refractivity contribution is 4.75. The molecule has 0 amide bonds. The maximum atomic E-state index is 11.6. The zero-order chi connectivity index (χ0) is 10.7. The molecule has 0 aromatic carbocycles. The van der Waals surface area contributed by atoms with E-state index in [0.717, 1.165) is 0 Å². The molecule has 0 aliphatic rings. The number of hydrogen-bond donors (Lipinski definition) is 0.